The summed E-state index contributed by atoms with van der Waals surface area (Å²) < 4.78 is 7.87. The fourth-order valence-corrected chi connectivity index (χ4v) is 3.37. The Morgan fingerprint density at radius 1 is 1.19 bits per heavy atom. The quantitative estimate of drug-likeness (QED) is 0.721. The standard InChI is InChI=1S/C19H26N6O/c1-14-11-23(12-15-13-25(22-21-15)19(2,3)4)9-10-24(14)18-20-16-7-5-6-8-17(16)26-18/h5-8,13-14H,9-12H2,1-4H3. The number of hydrogen-bond donors (Lipinski definition) is 0. The van der Waals surface area contributed by atoms with Crippen molar-refractivity contribution in [3.05, 3.63) is 36.2 Å². The van der Waals surface area contributed by atoms with Gasteiger partial charge in [0.25, 0.3) is 6.01 Å². The number of para-hydroxylation sites is 2. The van der Waals surface area contributed by atoms with Crippen LogP contribution in [0.3, 0.4) is 0 Å². The maximum atomic E-state index is 5.94. The Labute approximate surface area is 153 Å². The molecule has 138 valence electrons. The monoisotopic (exact) mass is 354 g/mol. The third-order valence-corrected chi connectivity index (χ3v) is 4.85. The second-order valence-electron chi connectivity index (χ2n) is 8.07. The number of anilines is 1. The Kier molecular flexibility index (Phi) is 4.19. The van der Waals surface area contributed by atoms with Crippen LogP contribution in [0.5, 0.6) is 0 Å². The fourth-order valence-electron chi connectivity index (χ4n) is 3.37. The van der Waals surface area contributed by atoms with Gasteiger partial charge in [0.1, 0.15) is 5.52 Å². The van der Waals surface area contributed by atoms with E-state index in [9.17, 15) is 0 Å². The zero-order valence-electron chi connectivity index (χ0n) is 15.9. The molecule has 1 fully saturated rings. The second kappa shape index (κ2) is 6.39. The minimum atomic E-state index is -0.0375. The number of fused-ring (bicyclic) bond motifs is 1. The van der Waals surface area contributed by atoms with Crippen LogP contribution >= 0.6 is 0 Å². The highest BCUT2D eigenvalue weighted by atomic mass is 16.4. The van der Waals surface area contributed by atoms with Gasteiger partial charge in [-0.15, -0.1) is 5.10 Å². The van der Waals surface area contributed by atoms with E-state index in [-0.39, 0.29) is 5.54 Å². The summed E-state index contributed by atoms with van der Waals surface area (Å²) in [6, 6.07) is 8.96. The molecule has 0 saturated carbocycles. The largest absolute Gasteiger partial charge is 0.423 e. The van der Waals surface area contributed by atoms with Gasteiger partial charge in [-0.1, -0.05) is 17.3 Å². The van der Waals surface area contributed by atoms with E-state index in [0.29, 0.717) is 6.04 Å². The zero-order chi connectivity index (χ0) is 18.3. The highest BCUT2D eigenvalue weighted by Gasteiger charge is 2.28. The molecule has 0 aliphatic carbocycles. The molecule has 2 aromatic heterocycles. The lowest BCUT2D eigenvalue weighted by atomic mass is 10.1. The molecule has 1 aromatic carbocycles. The van der Waals surface area contributed by atoms with Crippen LogP contribution in [0, 0.1) is 0 Å². The Hall–Kier alpha value is -2.41. The van der Waals surface area contributed by atoms with Crippen molar-refractivity contribution in [3.63, 3.8) is 0 Å². The number of oxazole rings is 1. The van der Waals surface area contributed by atoms with Gasteiger partial charge in [0.2, 0.25) is 0 Å². The van der Waals surface area contributed by atoms with Crippen molar-refractivity contribution in [1.82, 2.24) is 24.9 Å². The summed E-state index contributed by atoms with van der Waals surface area (Å²) in [5, 5.41) is 8.60. The van der Waals surface area contributed by atoms with Crippen LogP contribution in [0.1, 0.15) is 33.4 Å². The number of aromatic nitrogens is 4. The second-order valence-corrected chi connectivity index (χ2v) is 8.07. The summed E-state index contributed by atoms with van der Waals surface area (Å²) >= 11 is 0. The number of piperazine rings is 1. The third kappa shape index (κ3) is 3.31. The number of hydrogen-bond acceptors (Lipinski definition) is 6. The van der Waals surface area contributed by atoms with E-state index in [4.69, 9.17) is 4.42 Å². The average Bonchev–Trinajstić information content (AvgIpc) is 3.21. The van der Waals surface area contributed by atoms with E-state index in [0.717, 1.165) is 49.0 Å². The highest BCUT2D eigenvalue weighted by Crippen LogP contribution is 2.25. The van der Waals surface area contributed by atoms with Gasteiger partial charge in [-0.2, -0.15) is 4.98 Å². The van der Waals surface area contributed by atoms with Crippen molar-refractivity contribution in [2.24, 2.45) is 0 Å². The maximum absolute atomic E-state index is 5.94. The van der Waals surface area contributed by atoms with Crippen LogP contribution < -0.4 is 4.90 Å². The van der Waals surface area contributed by atoms with Gasteiger partial charge in [-0.3, -0.25) is 4.90 Å². The molecule has 0 radical (unpaired) electrons. The lowest BCUT2D eigenvalue weighted by Gasteiger charge is -2.38. The van der Waals surface area contributed by atoms with E-state index in [1.54, 1.807) is 0 Å². The van der Waals surface area contributed by atoms with Gasteiger partial charge in [-0.05, 0) is 39.8 Å². The van der Waals surface area contributed by atoms with Gasteiger partial charge in [0.05, 0.1) is 17.4 Å². The van der Waals surface area contributed by atoms with Crippen molar-refractivity contribution in [3.8, 4) is 0 Å². The topological polar surface area (TPSA) is 63.2 Å². The van der Waals surface area contributed by atoms with E-state index < -0.39 is 0 Å². The van der Waals surface area contributed by atoms with Crippen molar-refractivity contribution in [1.29, 1.82) is 0 Å². The lowest BCUT2D eigenvalue weighted by Crippen LogP contribution is -2.51. The molecule has 0 bridgehead atoms. The molecule has 3 aromatic rings. The first kappa shape index (κ1) is 17.0. The smallest absolute Gasteiger partial charge is 0.298 e. The molecule has 1 saturated heterocycles. The molecule has 3 heterocycles. The summed E-state index contributed by atoms with van der Waals surface area (Å²) in [5.74, 6) is 0. The first-order chi connectivity index (χ1) is 12.4. The van der Waals surface area contributed by atoms with Crippen LogP contribution in [0.4, 0.5) is 6.01 Å². The Balaban J connectivity index is 1.42. The molecule has 1 aliphatic rings. The number of nitrogens with zero attached hydrogens (tertiary/aromatic N) is 6. The third-order valence-electron chi connectivity index (χ3n) is 4.85. The maximum Gasteiger partial charge on any atom is 0.298 e. The minimum Gasteiger partial charge on any atom is -0.423 e. The molecule has 0 N–H and O–H groups in total. The van der Waals surface area contributed by atoms with E-state index in [2.05, 4.69) is 59.0 Å². The van der Waals surface area contributed by atoms with Crippen LogP contribution in [0.2, 0.25) is 0 Å². The van der Waals surface area contributed by atoms with Crippen LogP contribution in [0.25, 0.3) is 11.1 Å². The van der Waals surface area contributed by atoms with E-state index in [1.807, 2.05) is 28.9 Å². The minimum absolute atomic E-state index is 0.0375. The average molecular weight is 354 g/mol. The molecule has 26 heavy (non-hydrogen) atoms. The molecule has 1 aliphatic heterocycles. The predicted molar refractivity (Wildman–Crippen MR) is 101 cm³/mol. The molecular weight excluding hydrogens is 328 g/mol. The van der Waals surface area contributed by atoms with Crippen LogP contribution in [0.15, 0.2) is 34.9 Å². The van der Waals surface area contributed by atoms with Crippen molar-refractivity contribution < 1.29 is 4.42 Å². The summed E-state index contributed by atoms with van der Waals surface area (Å²) in [7, 11) is 0. The molecule has 1 atom stereocenters. The summed E-state index contributed by atoms with van der Waals surface area (Å²) in [4.78, 5) is 9.31. The van der Waals surface area contributed by atoms with Gasteiger partial charge < -0.3 is 9.32 Å². The molecule has 7 heteroatoms. The van der Waals surface area contributed by atoms with Crippen molar-refractivity contribution in [2.45, 2.75) is 45.8 Å². The van der Waals surface area contributed by atoms with Gasteiger partial charge in [0, 0.05) is 32.2 Å². The van der Waals surface area contributed by atoms with Crippen LogP contribution in [-0.4, -0.2) is 50.6 Å². The predicted octanol–water partition coefficient (Wildman–Crippen LogP) is 2.89. The van der Waals surface area contributed by atoms with E-state index >= 15 is 0 Å². The molecule has 4 rings (SSSR count). The molecule has 1 unspecified atom stereocenters. The summed E-state index contributed by atoms with van der Waals surface area (Å²) in [6.45, 7) is 12.2. The first-order valence-corrected chi connectivity index (χ1v) is 9.16. The van der Waals surface area contributed by atoms with Gasteiger partial charge in [0.15, 0.2) is 5.58 Å². The normalized spacial score (nSPS) is 19.4. The highest BCUT2D eigenvalue weighted by molar-refractivity contribution is 5.74. The van der Waals surface area contributed by atoms with Crippen LogP contribution in [-0.2, 0) is 12.1 Å². The molecule has 0 amide bonds. The zero-order valence-corrected chi connectivity index (χ0v) is 15.9. The Bertz CT molecular complexity index is 860. The molecular formula is C19H26N6O. The SMILES string of the molecule is CC1CN(Cc2cn(C(C)(C)C)nn2)CCN1c1nc2ccccc2o1. The first-order valence-electron chi connectivity index (χ1n) is 9.16. The van der Waals surface area contributed by atoms with Crippen molar-refractivity contribution >= 4 is 17.1 Å². The molecule has 0 spiro atoms. The van der Waals surface area contributed by atoms with E-state index in [1.165, 1.54) is 0 Å². The number of benzene rings is 1. The summed E-state index contributed by atoms with van der Waals surface area (Å²) in [6.07, 6.45) is 2.05. The lowest BCUT2D eigenvalue weighted by molar-refractivity contribution is 0.214. The Morgan fingerprint density at radius 3 is 2.69 bits per heavy atom. The fraction of sp³-hybridized carbons (Fsp3) is 0.526. The Morgan fingerprint density at radius 2 is 2.00 bits per heavy atom. The van der Waals surface area contributed by atoms with Gasteiger partial charge >= 0.3 is 0 Å². The van der Waals surface area contributed by atoms with Gasteiger partial charge in [-0.25, -0.2) is 4.68 Å². The molecule has 7 nitrogen and oxygen atoms in total. The number of rotatable bonds is 3. The van der Waals surface area contributed by atoms with Crippen molar-refractivity contribution in [2.75, 3.05) is 24.5 Å². The summed E-state index contributed by atoms with van der Waals surface area (Å²) in [5.41, 5.74) is 2.73.